The van der Waals surface area contributed by atoms with Gasteiger partial charge in [-0.05, 0) is 66.7 Å². The monoisotopic (exact) mass is 466 g/mol. The number of benzene rings is 5. The third kappa shape index (κ3) is 2.56. The van der Waals surface area contributed by atoms with Gasteiger partial charge in [0.1, 0.15) is 16.9 Å². The number of fused-ring (bicyclic) bond motifs is 8. The van der Waals surface area contributed by atoms with E-state index in [2.05, 4.69) is 81.9 Å². The Labute approximate surface area is 205 Å². The van der Waals surface area contributed by atoms with Gasteiger partial charge in [0.25, 0.3) is 0 Å². The van der Waals surface area contributed by atoms with Crippen LogP contribution < -0.4 is 0 Å². The molecule has 0 saturated carbocycles. The summed E-state index contributed by atoms with van der Waals surface area (Å²) in [5, 5.41) is 4.23. The molecule has 4 heteroatoms. The molecule has 0 aliphatic carbocycles. The zero-order valence-corrected chi connectivity index (χ0v) is 19.2. The van der Waals surface area contributed by atoms with Crippen LogP contribution in [0.15, 0.2) is 120 Å². The zero-order valence-electron chi connectivity index (χ0n) is 19.2. The van der Waals surface area contributed by atoms with Gasteiger partial charge in [-0.2, -0.15) is 0 Å². The fraction of sp³-hybridized carbons (Fsp3) is 0. The lowest BCUT2D eigenvalue weighted by Crippen LogP contribution is -1.96. The van der Waals surface area contributed by atoms with Crippen molar-refractivity contribution in [2.24, 2.45) is 0 Å². The third-order valence-electron chi connectivity index (χ3n) is 7.17. The van der Waals surface area contributed by atoms with Gasteiger partial charge in [-0.15, -0.1) is 0 Å². The molecule has 36 heavy (non-hydrogen) atoms. The second-order valence-corrected chi connectivity index (χ2v) is 9.16. The topological polar surface area (TPSA) is 23.0 Å². The summed E-state index contributed by atoms with van der Waals surface area (Å²) in [7, 11) is 0. The average Bonchev–Trinajstić information content (AvgIpc) is 3.55. The van der Waals surface area contributed by atoms with Crippen LogP contribution in [0.2, 0.25) is 0 Å². The molecule has 0 N–H and O–H groups in total. The van der Waals surface area contributed by atoms with Crippen molar-refractivity contribution in [2.45, 2.75) is 0 Å². The average molecular weight is 467 g/mol. The minimum Gasteiger partial charge on any atom is -0.454 e. The summed E-state index contributed by atoms with van der Waals surface area (Å²) in [6.07, 6.45) is 0. The largest absolute Gasteiger partial charge is 0.454 e. The summed E-state index contributed by atoms with van der Waals surface area (Å²) in [5.74, 6) is -0.269. The van der Waals surface area contributed by atoms with Crippen molar-refractivity contribution in [1.29, 1.82) is 0 Å². The molecule has 8 aromatic rings. The normalized spacial score (nSPS) is 12.0. The summed E-state index contributed by atoms with van der Waals surface area (Å²) in [4.78, 5) is 0. The first kappa shape index (κ1) is 19.5. The summed E-state index contributed by atoms with van der Waals surface area (Å²) < 4.78 is 25.2. The Kier molecular flexibility index (Phi) is 3.84. The molecule has 0 spiro atoms. The van der Waals surface area contributed by atoms with Crippen LogP contribution in [0.25, 0.3) is 66.2 Å². The summed E-state index contributed by atoms with van der Waals surface area (Å²) >= 11 is 0. The number of halogens is 1. The van der Waals surface area contributed by atoms with Gasteiger partial charge in [-0.25, -0.2) is 4.39 Å². The molecule has 3 nitrogen and oxygen atoms in total. The Morgan fingerprint density at radius 2 is 1.25 bits per heavy atom. The predicted molar refractivity (Wildman–Crippen MR) is 145 cm³/mol. The number of para-hydroxylation sites is 3. The summed E-state index contributed by atoms with van der Waals surface area (Å²) in [5.41, 5.74) is 7.71. The molecular formula is C32H19FN2O. The molecule has 0 bridgehead atoms. The van der Waals surface area contributed by atoms with E-state index in [0.29, 0.717) is 0 Å². The van der Waals surface area contributed by atoms with E-state index in [4.69, 9.17) is 4.42 Å². The summed E-state index contributed by atoms with van der Waals surface area (Å²) in [6, 6.07) is 38.3. The van der Waals surface area contributed by atoms with Crippen LogP contribution in [0.4, 0.5) is 4.39 Å². The fourth-order valence-corrected chi connectivity index (χ4v) is 5.66. The SMILES string of the molecule is Fc1ccc2c3oc4ccccc4c3n(-c3ccc4c(c3)c3ccccc3n4-c3ccccc3)c2c1. The number of nitrogens with zero attached hydrogens (tertiary/aromatic N) is 2. The second kappa shape index (κ2) is 7.09. The Hall–Kier alpha value is -4.83. The van der Waals surface area contributed by atoms with Crippen LogP contribution in [0.1, 0.15) is 0 Å². The van der Waals surface area contributed by atoms with E-state index in [9.17, 15) is 4.39 Å². The number of hydrogen-bond acceptors (Lipinski definition) is 1. The second-order valence-electron chi connectivity index (χ2n) is 9.16. The number of furan rings is 1. The maximum absolute atomic E-state index is 14.5. The van der Waals surface area contributed by atoms with E-state index in [1.54, 1.807) is 6.07 Å². The molecule has 0 atom stereocenters. The Morgan fingerprint density at radius 1 is 0.500 bits per heavy atom. The van der Waals surface area contributed by atoms with Crippen molar-refractivity contribution in [3.63, 3.8) is 0 Å². The maximum atomic E-state index is 14.5. The first-order valence-electron chi connectivity index (χ1n) is 12.0. The van der Waals surface area contributed by atoms with Crippen molar-refractivity contribution in [1.82, 2.24) is 9.13 Å². The van der Waals surface area contributed by atoms with Crippen LogP contribution in [0.5, 0.6) is 0 Å². The number of aromatic nitrogens is 2. The first-order chi connectivity index (χ1) is 17.8. The van der Waals surface area contributed by atoms with E-state index in [1.165, 1.54) is 11.5 Å². The van der Waals surface area contributed by atoms with Gasteiger partial charge in [-0.3, -0.25) is 0 Å². The third-order valence-corrected chi connectivity index (χ3v) is 7.17. The highest BCUT2D eigenvalue weighted by atomic mass is 19.1. The molecule has 0 fully saturated rings. The molecule has 0 unspecified atom stereocenters. The van der Waals surface area contributed by atoms with Crippen molar-refractivity contribution >= 4 is 54.8 Å². The lowest BCUT2D eigenvalue weighted by Gasteiger charge is -2.10. The highest BCUT2D eigenvalue weighted by Crippen LogP contribution is 2.40. The molecule has 0 aliphatic rings. The van der Waals surface area contributed by atoms with Gasteiger partial charge < -0.3 is 13.6 Å². The Morgan fingerprint density at radius 3 is 2.14 bits per heavy atom. The van der Waals surface area contributed by atoms with Crippen LogP contribution in [-0.2, 0) is 0 Å². The van der Waals surface area contributed by atoms with Crippen molar-refractivity contribution < 1.29 is 8.81 Å². The van der Waals surface area contributed by atoms with Crippen molar-refractivity contribution in [3.05, 3.63) is 121 Å². The summed E-state index contributed by atoms with van der Waals surface area (Å²) in [6.45, 7) is 0. The Bertz CT molecular complexity index is 2110. The highest BCUT2D eigenvalue weighted by Gasteiger charge is 2.21. The maximum Gasteiger partial charge on any atom is 0.161 e. The lowest BCUT2D eigenvalue weighted by molar-refractivity contribution is 0.629. The smallest absolute Gasteiger partial charge is 0.161 e. The number of rotatable bonds is 2. The van der Waals surface area contributed by atoms with Gasteiger partial charge in [-0.1, -0.05) is 48.5 Å². The highest BCUT2D eigenvalue weighted by molar-refractivity contribution is 6.17. The molecule has 0 saturated heterocycles. The van der Waals surface area contributed by atoms with Crippen molar-refractivity contribution in [2.75, 3.05) is 0 Å². The van der Waals surface area contributed by atoms with E-state index in [0.717, 1.165) is 60.8 Å². The molecule has 0 aliphatic heterocycles. The van der Waals surface area contributed by atoms with Crippen LogP contribution >= 0.6 is 0 Å². The zero-order chi connectivity index (χ0) is 23.8. The van der Waals surface area contributed by atoms with Crippen LogP contribution in [0.3, 0.4) is 0 Å². The van der Waals surface area contributed by atoms with E-state index in [-0.39, 0.29) is 5.82 Å². The minimum absolute atomic E-state index is 0.269. The quantitative estimate of drug-likeness (QED) is 0.250. The van der Waals surface area contributed by atoms with Gasteiger partial charge in [0.2, 0.25) is 0 Å². The molecule has 3 aromatic heterocycles. The van der Waals surface area contributed by atoms with Gasteiger partial charge in [0.05, 0.1) is 16.6 Å². The van der Waals surface area contributed by atoms with Gasteiger partial charge >= 0.3 is 0 Å². The van der Waals surface area contributed by atoms with Gasteiger partial charge in [0, 0.05) is 32.9 Å². The molecule has 8 rings (SSSR count). The van der Waals surface area contributed by atoms with E-state index >= 15 is 0 Å². The standard InChI is InChI=1S/C32H19FN2O/c33-20-14-16-24-29(18-20)35(31-25-11-5-7-13-30(25)36-32(24)31)22-15-17-28-26(19-22)23-10-4-6-12-27(23)34(28)21-8-2-1-3-9-21/h1-19H. The van der Waals surface area contributed by atoms with Crippen molar-refractivity contribution in [3.8, 4) is 11.4 Å². The minimum atomic E-state index is -0.269. The molecule has 5 aromatic carbocycles. The lowest BCUT2D eigenvalue weighted by atomic mass is 10.1. The van der Waals surface area contributed by atoms with E-state index < -0.39 is 0 Å². The molecule has 0 amide bonds. The molecular weight excluding hydrogens is 447 g/mol. The van der Waals surface area contributed by atoms with E-state index in [1.807, 2.05) is 30.3 Å². The molecule has 170 valence electrons. The molecule has 3 heterocycles. The fourth-order valence-electron chi connectivity index (χ4n) is 5.66. The van der Waals surface area contributed by atoms with Gasteiger partial charge in [0.15, 0.2) is 5.58 Å². The molecule has 0 radical (unpaired) electrons. The Balaban J connectivity index is 1.51. The van der Waals surface area contributed by atoms with Crippen LogP contribution in [0, 0.1) is 5.82 Å². The predicted octanol–water partition coefficient (Wildman–Crippen LogP) is 8.77. The number of hydrogen-bond donors (Lipinski definition) is 0. The van der Waals surface area contributed by atoms with Crippen LogP contribution in [-0.4, -0.2) is 9.13 Å². The first-order valence-corrected chi connectivity index (χ1v) is 12.0.